The summed E-state index contributed by atoms with van der Waals surface area (Å²) in [5.74, 6) is 1.76. The number of fused-ring (bicyclic) bond motifs is 2. The van der Waals surface area contributed by atoms with E-state index in [1.54, 1.807) is 26.2 Å². The van der Waals surface area contributed by atoms with Crippen molar-refractivity contribution in [3.8, 4) is 17.2 Å². The van der Waals surface area contributed by atoms with Crippen molar-refractivity contribution in [3.05, 3.63) is 59.7 Å². The molecule has 164 valence electrons. The molecule has 7 nitrogen and oxygen atoms in total. The van der Waals surface area contributed by atoms with Crippen molar-refractivity contribution in [2.24, 2.45) is 0 Å². The third-order valence-corrected chi connectivity index (χ3v) is 5.65. The second-order valence-corrected chi connectivity index (χ2v) is 7.52. The van der Waals surface area contributed by atoms with E-state index in [1.165, 1.54) is 0 Å². The number of benzene rings is 2. The van der Waals surface area contributed by atoms with E-state index in [-0.39, 0.29) is 24.8 Å². The molecule has 1 fully saturated rings. The van der Waals surface area contributed by atoms with E-state index in [0.29, 0.717) is 36.9 Å². The molecule has 2 aromatic carbocycles. The summed E-state index contributed by atoms with van der Waals surface area (Å²) in [5, 5.41) is 0. The third-order valence-electron chi connectivity index (χ3n) is 5.65. The molecule has 0 N–H and O–H groups in total. The Morgan fingerprint density at radius 2 is 1.74 bits per heavy atom. The van der Waals surface area contributed by atoms with Gasteiger partial charge in [0.25, 0.3) is 0 Å². The van der Waals surface area contributed by atoms with Gasteiger partial charge in [0.2, 0.25) is 5.75 Å². The molecule has 0 saturated carbocycles. The van der Waals surface area contributed by atoms with Gasteiger partial charge in [-0.05, 0) is 35.3 Å². The van der Waals surface area contributed by atoms with Crippen LogP contribution in [0.1, 0.15) is 17.5 Å². The van der Waals surface area contributed by atoms with E-state index in [4.69, 9.17) is 23.7 Å². The molecule has 31 heavy (non-hydrogen) atoms. The summed E-state index contributed by atoms with van der Waals surface area (Å²) in [7, 11) is 4.79. The lowest BCUT2D eigenvalue weighted by molar-refractivity contribution is -0.0342. The fourth-order valence-corrected chi connectivity index (χ4v) is 4.15. The lowest BCUT2D eigenvalue weighted by Gasteiger charge is -2.43. The number of hydrogen-bond acceptors (Lipinski definition) is 6. The van der Waals surface area contributed by atoms with Gasteiger partial charge in [-0.2, -0.15) is 0 Å². The van der Waals surface area contributed by atoms with Crippen molar-refractivity contribution in [2.45, 2.75) is 25.1 Å². The Balaban J connectivity index is 1.56. The predicted octanol–water partition coefficient (Wildman–Crippen LogP) is 3.91. The zero-order valence-corrected chi connectivity index (χ0v) is 18.0. The lowest BCUT2D eigenvalue weighted by atomic mass is 9.89. The van der Waals surface area contributed by atoms with Crippen LogP contribution in [0.15, 0.2) is 48.5 Å². The standard InChI is InChI=1S/C24H27NO6/c1-27-21-11-18(12-22(28-2)23(21)29-3)17-9-19-14-30-15-20(10-17)25(19)24(26)31-13-16-7-5-4-6-8-16/h4-9,11-12,19-20H,10,13-15H2,1-3H3. The van der Waals surface area contributed by atoms with Crippen molar-refractivity contribution in [1.29, 1.82) is 0 Å². The summed E-state index contributed by atoms with van der Waals surface area (Å²) in [6.07, 6.45) is 2.40. The smallest absolute Gasteiger partial charge is 0.411 e. The van der Waals surface area contributed by atoms with Crippen molar-refractivity contribution in [2.75, 3.05) is 34.5 Å². The average molecular weight is 425 g/mol. The van der Waals surface area contributed by atoms with Crippen LogP contribution < -0.4 is 14.2 Å². The van der Waals surface area contributed by atoms with E-state index >= 15 is 0 Å². The molecule has 0 radical (unpaired) electrons. The van der Waals surface area contributed by atoms with Gasteiger partial charge in [-0.15, -0.1) is 0 Å². The number of rotatable bonds is 6. The number of nitrogens with zero attached hydrogens (tertiary/aromatic N) is 1. The molecule has 0 spiro atoms. The number of amides is 1. The van der Waals surface area contributed by atoms with Crippen LogP contribution in [0.5, 0.6) is 17.2 Å². The SMILES string of the molecule is COc1cc(C2=CC3COCC(C2)N3C(=O)OCc2ccccc2)cc(OC)c1OC. The fourth-order valence-electron chi connectivity index (χ4n) is 4.15. The fraction of sp³-hybridized carbons (Fsp3) is 0.375. The largest absolute Gasteiger partial charge is 0.493 e. The highest BCUT2D eigenvalue weighted by Gasteiger charge is 2.39. The number of ether oxygens (including phenoxy) is 5. The van der Waals surface area contributed by atoms with Crippen LogP contribution in [-0.4, -0.2) is 57.6 Å². The number of morpholine rings is 1. The second kappa shape index (κ2) is 9.31. The first-order chi connectivity index (χ1) is 15.1. The first-order valence-corrected chi connectivity index (χ1v) is 10.2. The Labute approximate surface area is 182 Å². The third kappa shape index (κ3) is 4.32. The minimum atomic E-state index is -0.317. The first-order valence-electron chi connectivity index (χ1n) is 10.2. The Kier molecular flexibility index (Phi) is 6.32. The van der Waals surface area contributed by atoms with Gasteiger partial charge in [-0.1, -0.05) is 36.4 Å². The van der Waals surface area contributed by atoms with Gasteiger partial charge in [-0.3, -0.25) is 4.90 Å². The zero-order valence-electron chi connectivity index (χ0n) is 18.0. The number of methoxy groups -OCH3 is 3. The highest BCUT2D eigenvalue weighted by Crippen LogP contribution is 2.42. The van der Waals surface area contributed by atoms with Crippen LogP contribution >= 0.6 is 0 Å². The van der Waals surface area contributed by atoms with Crippen LogP contribution in [0.2, 0.25) is 0 Å². The number of hydrogen-bond donors (Lipinski definition) is 0. The molecule has 4 rings (SSSR count). The maximum absolute atomic E-state index is 12.9. The molecule has 2 bridgehead atoms. The van der Waals surface area contributed by atoms with Gasteiger partial charge in [0.1, 0.15) is 6.61 Å². The molecule has 2 heterocycles. The highest BCUT2D eigenvalue weighted by atomic mass is 16.6. The molecule has 7 heteroatoms. The Morgan fingerprint density at radius 1 is 1.03 bits per heavy atom. The second-order valence-electron chi connectivity index (χ2n) is 7.52. The summed E-state index contributed by atoms with van der Waals surface area (Å²) in [6.45, 7) is 1.16. The van der Waals surface area contributed by atoms with Crippen LogP contribution in [0.4, 0.5) is 4.79 Å². The summed E-state index contributed by atoms with van der Waals surface area (Å²) >= 11 is 0. The summed E-state index contributed by atoms with van der Waals surface area (Å²) in [6, 6.07) is 13.3. The van der Waals surface area contributed by atoms with Gasteiger partial charge < -0.3 is 23.7 Å². The van der Waals surface area contributed by atoms with E-state index < -0.39 is 0 Å². The molecule has 1 amide bonds. The molecule has 2 aliphatic heterocycles. The quantitative estimate of drug-likeness (QED) is 0.699. The van der Waals surface area contributed by atoms with Gasteiger partial charge >= 0.3 is 6.09 Å². The lowest BCUT2D eigenvalue weighted by Crippen LogP contribution is -2.56. The number of carbonyl (C=O) groups excluding carboxylic acids is 1. The Hall–Kier alpha value is -3.19. The topological polar surface area (TPSA) is 66.5 Å². The molecule has 2 unspecified atom stereocenters. The molecule has 1 saturated heterocycles. The Morgan fingerprint density at radius 3 is 2.35 bits per heavy atom. The van der Waals surface area contributed by atoms with E-state index in [0.717, 1.165) is 16.7 Å². The van der Waals surface area contributed by atoms with E-state index in [9.17, 15) is 4.79 Å². The summed E-state index contributed by atoms with van der Waals surface area (Å²) in [5.41, 5.74) is 3.05. The van der Waals surface area contributed by atoms with Crippen molar-refractivity contribution < 1.29 is 28.5 Å². The molecule has 0 aliphatic carbocycles. The van der Waals surface area contributed by atoms with Crippen molar-refractivity contribution in [3.63, 3.8) is 0 Å². The normalized spacial score (nSPS) is 20.0. The van der Waals surface area contributed by atoms with E-state index in [2.05, 4.69) is 6.08 Å². The number of carbonyl (C=O) groups is 1. The monoisotopic (exact) mass is 425 g/mol. The highest BCUT2D eigenvalue weighted by molar-refractivity contribution is 5.76. The Bertz CT molecular complexity index is 933. The molecule has 2 atom stereocenters. The molecular weight excluding hydrogens is 398 g/mol. The van der Waals surface area contributed by atoms with Crippen LogP contribution in [0.3, 0.4) is 0 Å². The summed E-state index contributed by atoms with van der Waals surface area (Å²) < 4.78 is 27.7. The first kappa shape index (κ1) is 21.1. The zero-order chi connectivity index (χ0) is 21.8. The van der Waals surface area contributed by atoms with Crippen LogP contribution in [-0.2, 0) is 16.1 Å². The minimum absolute atomic E-state index is 0.0962. The van der Waals surface area contributed by atoms with Crippen molar-refractivity contribution in [1.82, 2.24) is 4.90 Å². The average Bonchev–Trinajstić information content (AvgIpc) is 2.81. The molecule has 2 aliphatic rings. The van der Waals surface area contributed by atoms with Gasteiger partial charge in [0, 0.05) is 0 Å². The summed E-state index contributed by atoms with van der Waals surface area (Å²) in [4.78, 5) is 14.7. The van der Waals surface area contributed by atoms with Gasteiger partial charge in [0.05, 0.1) is 46.6 Å². The minimum Gasteiger partial charge on any atom is -0.493 e. The molecule has 2 aromatic rings. The van der Waals surface area contributed by atoms with Crippen LogP contribution in [0, 0.1) is 0 Å². The maximum atomic E-state index is 12.9. The van der Waals surface area contributed by atoms with Gasteiger partial charge in [0.15, 0.2) is 11.5 Å². The van der Waals surface area contributed by atoms with E-state index in [1.807, 2.05) is 42.5 Å². The van der Waals surface area contributed by atoms with Crippen LogP contribution in [0.25, 0.3) is 5.57 Å². The van der Waals surface area contributed by atoms with Gasteiger partial charge in [-0.25, -0.2) is 4.79 Å². The maximum Gasteiger partial charge on any atom is 0.411 e. The molecule has 0 aromatic heterocycles. The molecular formula is C24H27NO6. The predicted molar refractivity (Wildman–Crippen MR) is 116 cm³/mol. The van der Waals surface area contributed by atoms with Crippen molar-refractivity contribution >= 4 is 11.7 Å².